The van der Waals surface area contributed by atoms with Gasteiger partial charge in [-0.2, -0.15) is 21.6 Å². The fourth-order valence-electron chi connectivity index (χ4n) is 2.54. The summed E-state index contributed by atoms with van der Waals surface area (Å²) in [5, 5.41) is 3.02. The maximum atomic E-state index is 12.2. The maximum absolute atomic E-state index is 12.2. The lowest BCUT2D eigenvalue weighted by Gasteiger charge is -2.19. The monoisotopic (exact) mass is 403 g/mol. The number of fused-ring (bicyclic) bond motifs is 1. The molecule has 0 amide bonds. The van der Waals surface area contributed by atoms with Gasteiger partial charge in [0.15, 0.2) is 0 Å². The number of aryl methyl sites for hydroxylation is 1. The quantitative estimate of drug-likeness (QED) is 0.437. The fourth-order valence-corrected chi connectivity index (χ4v) is 3.03. The fraction of sp³-hybridized carbons (Fsp3) is 0.368. The smallest absolute Gasteiger partial charge is 0.376 e. The maximum Gasteiger partial charge on any atom is 0.534 e. The van der Waals surface area contributed by atoms with E-state index in [-0.39, 0.29) is 5.75 Å². The molecule has 0 fully saturated rings. The second-order valence-electron chi connectivity index (χ2n) is 5.80. The van der Waals surface area contributed by atoms with Crippen LogP contribution in [0.25, 0.3) is 0 Å². The van der Waals surface area contributed by atoms with Gasteiger partial charge in [0.2, 0.25) is 0 Å². The van der Waals surface area contributed by atoms with Gasteiger partial charge >= 0.3 is 15.6 Å². The molecule has 1 aliphatic rings. The number of allylic oxidation sites excluding steroid dienone is 2. The first kappa shape index (κ1) is 23.0. The Hall–Kier alpha value is -2.06. The minimum Gasteiger partial charge on any atom is -0.376 e. The number of likely N-dealkylation sites (N-methyl/N-ethyl adjacent to an activating group) is 1. The van der Waals surface area contributed by atoms with Gasteiger partial charge in [-0.05, 0) is 55.5 Å². The van der Waals surface area contributed by atoms with Crippen LogP contribution in [0.5, 0.6) is 5.75 Å². The average molecular weight is 403 g/mol. The molecule has 1 aromatic carbocycles. The summed E-state index contributed by atoms with van der Waals surface area (Å²) in [6, 6.07) is 4.54. The number of nitrogens with one attached hydrogen (secondary N) is 1. The largest absolute Gasteiger partial charge is 0.534 e. The first-order valence-electron chi connectivity index (χ1n) is 8.36. The standard InChI is InChI=1S/C11H11F3O3S.C8H13N/c12-11(13,14)18(15,16)17-10-7-3-5-8-4-1-2-6-9(8)10;1-4-6-8(5-2)7-9-3/h3,5,7H,1-2,4,6H2;4-6,9H,1-2,7H2,3H3/b;8-6+. The Balaban J connectivity index is 0.000000345. The van der Waals surface area contributed by atoms with E-state index in [0.717, 1.165) is 36.9 Å². The average Bonchev–Trinajstić information content (AvgIpc) is 2.61. The summed E-state index contributed by atoms with van der Waals surface area (Å²) in [4.78, 5) is 0. The molecule has 0 radical (unpaired) electrons. The number of rotatable bonds is 6. The highest BCUT2D eigenvalue weighted by Crippen LogP contribution is 2.33. The Kier molecular flexibility index (Phi) is 8.78. The summed E-state index contributed by atoms with van der Waals surface area (Å²) >= 11 is 0. The topological polar surface area (TPSA) is 55.4 Å². The Labute approximate surface area is 158 Å². The van der Waals surface area contributed by atoms with Crippen LogP contribution >= 0.6 is 0 Å². The molecule has 2 rings (SSSR count). The summed E-state index contributed by atoms with van der Waals surface area (Å²) in [5.74, 6) is -0.204. The molecule has 1 aliphatic carbocycles. The van der Waals surface area contributed by atoms with Crippen LogP contribution in [0.4, 0.5) is 13.2 Å². The van der Waals surface area contributed by atoms with E-state index in [1.165, 1.54) is 12.1 Å². The van der Waals surface area contributed by atoms with Crippen molar-refractivity contribution in [2.75, 3.05) is 13.6 Å². The molecule has 8 heteroatoms. The van der Waals surface area contributed by atoms with Crippen molar-refractivity contribution < 1.29 is 25.8 Å². The minimum atomic E-state index is -5.58. The second-order valence-corrected chi connectivity index (χ2v) is 7.33. The molecule has 1 aromatic rings. The number of hydrogen-bond donors (Lipinski definition) is 1. The van der Waals surface area contributed by atoms with E-state index >= 15 is 0 Å². The minimum absolute atomic E-state index is 0.204. The summed E-state index contributed by atoms with van der Waals surface area (Å²) in [6.07, 6.45) is 8.55. The Bertz CT molecular complexity index is 784. The van der Waals surface area contributed by atoms with Crippen LogP contribution in [0, 0.1) is 0 Å². The molecule has 27 heavy (non-hydrogen) atoms. The zero-order valence-corrected chi connectivity index (χ0v) is 16.0. The van der Waals surface area contributed by atoms with Gasteiger partial charge in [0.05, 0.1) is 0 Å². The highest BCUT2D eigenvalue weighted by Gasteiger charge is 2.48. The van der Waals surface area contributed by atoms with Gasteiger partial charge in [-0.3, -0.25) is 0 Å². The van der Waals surface area contributed by atoms with Crippen LogP contribution in [-0.2, 0) is 23.0 Å². The van der Waals surface area contributed by atoms with Gasteiger partial charge in [-0.25, -0.2) is 0 Å². The molecule has 0 aliphatic heterocycles. The molecule has 0 saturated heterocycles. The molecule has 0 bridgehead atoms. The summed E-state index contributed by atoms with van der Waals surface area (Å²) < 4.78 is 62.8. The Morgan fingerprint density at radius 3 is 2.48 bits per heavy atom. The summed E-state index contributed by atoms with van der Waals surface area (Å²) in [6.45, 7) is 8.08. The predicted octanol–water partition coefficient (Wildman–Crippen LogP) is 4.30. The van der Waals surface area contributed by atoms with Crippen molar-refractivity contribution in [2.45, 2.75) is 31.2 Å². The Morgan fingerprint density at radius 2 is 1.93 bits per heavy atom. The van der Waals surface area contributed by atoms with Crippen molar-refractivity contribution in [3.8, 4) is 5.75 Å². The number of hydrogen-bond acceptors (Lipinski definition) is 4. The van der Waals surface area contributed by atoms with E-state index in [1.807, 2.05) is 19.2 Å². The van der Waals surface area contributed by atoms with Crippen molar-refractivity contribution in [1.82, 2.24) is 5.32 Å². The van der Waals surface area contributed by atoms with Gasteiger partial charge in [0.25, 0.3) is 0 Å². The molecule has 150 valence electrons. The molecule has 0 spiro atoms. The zero-order chi connectivity index (χ0) is 20.5. The van der Waals surface area contributed by atoms with Gasteiger partial charge in [0, 0.05) is 6.54 Å². The van der Waals surface area contributed by atoms with Gasteiger partial charge < -0.3 is 9.50 Å². The molecule has 0 aromatic heterocycles. The van der Waals surface area contributed by atoms with E-state index in [2.05, 4.69) is 22.7 Å². The van der Waals surface area contributed by atoms with Crippen LogP contribution in [0.2, 0.25) is 0 Å². The molecule has 0 saturated carbocycles. The first-order valence-corrected chi connectivity index (χ1v) is 9.77. The molecule has 0 heterocycles. The summed E-state index contributed by atoms with van der Waals surface area (Å²) in [5.41, 5.74) is -2.81. The van der Waals surface area contributed by atoms with E-state index in [9.17, 15) is 21.6 Å². The van der Waals surface area contributed by atoms with Crippen LogP contribution in [0.3, 0.4) is 0 Å². The summed E-state index contributed by atoms with van der Waals surface area (Å²) in [7, 11) is -3.68. The molecular weight excluding hydrogens is 379 g/mol. The molecule has 0 unspecified atom stereocenters. The van der Waals surface area contributed by atoms with E-state index in [1.54, 1.807) is 12.1 Å². The number of benzene rings is 1. The predicted molar refractivity (Wildman–Crippen MR) is 101 cm³/mol. The van der Waals surface area contributed by atoms with Gasteiger partial charge in [0.1, 0.15) is 5.75 Å². The van der Waals surface area contributed by atoms with Crippen LogP contribution in [0.1, 0.15) is 24.0 Å². The molecule has 0 atom stereocenters. The third-order valence-corrected chi connectivity index (χ3v) is 4.78. The molecule has 1 N–H and O–H groups in total. The van der Waals surface area contributed by atoms with Gasteiger partial charge in [-0.15, -0.1) is 0 Å². The zero-order valence-electron chi connectivity index (χ0n) is 15.2. The van der Waals surface area contributed by atoms with Crippen molar-refractivity contribution in [3.63, 3.8) is 0 Å². The van der Waals surface area contributed by atoms with Crippen molar-refractivity contribution in [3.05, 3.63) is 66.3 Å². The number of alkyl halides is 3. The van der Waals surface area contributed by atoms with E-state index in [0.29, 0.717) is 12.0 Å². The van der Waals surface area contributed by atoms with Crippen molar-refractivity contribution >= 4 is 10.1 Å². The molecule has 4 nitrogen and oxygen atoms in total. The van der Waals surface area contributed by atoms with Crippen molar-refractivity contribution in [2.24, 2.45) is 0 Å². The van der Waals surface area contributed by atoms with Gasteiger partial charge in [-0.1, -0.05) is 43.5 Å². The first-order chi connectivity index (χ1) is 12.7. The molecular formula is C19H24F3NO3S. The van der Waals surface area contributed by atoms with Crippen LogP contribution in [0.15, 0.2) is 55.2 Å². The third-order valence-electron chi connectivity index (χ3n) is 3.81. The van der Waals surface area contributed by atoms with Crippen molar-refractivity contribution in [1.29, 1.82) is 0 Å². The van der Waals surface area contributed by atoms with Crippen LogP contribution in [-0.4, -0.2) is 27.5 Å². The van der Waals surface area contributed by atoms with E-state index < -0.39 is 15.6 Å². The lowest BCUT2D eigenvalue weighted by atomic mass is 9.91. The number of halogens is 3. The highest BCUT2D eigenvalue weighted by molar-refractivity contribution is 7.88. The lowest BCUT2D eigenvalue weighted by Crippen LogP contribution is -2.28. The third kappa shape index (κ3) is 6.88. The second kappa shape index (κ2) is 10.3. The van der Waals surface area contributed by atoms with E-state index in [4.69, 9.17) is 0 Å². The SMILES string of the molecule is C=C/C=C(\C=C)CNC.O=S(=O)(Oc1cccc2c1CCCC2)C(F)(F)F. The lowest BCUT2D eigenvalue weighted by molar-refractivity contribution is -0.0500. The Morgan fingerprint density at radius 1 is 1.26 bits per heavy atom. The van der Waals surface area contributed by atoms with Crippen LogP contribution < -0.4 is 9.50 Å². The highest BCUT2D eigenvalue weighted by atomic mass is 32.2. The normalized spacial score (nSPS) is 14.4.